The van der Waals surface area contributed by atoms with Crippen LogP contribution < -0.4 is 20.2 Å². The molecule has 0 aromatic heterocycles. The van der Waals surface area contributed by atoms with Crippen LogP contribution in [0.4, 0.5) is 34.1 Å². The Morgan fingerprint density at radius 1 is 0.333 bits per heavy atom. The Bertz CT molecular complexity index is 1940. The number of rotatable bonds is 13. The van der Waals surface area contributed by atoms with E-state index in [1.165, 1.54) is 0 Å². The lowest BCUT2D eigenvalue weighted by molar-refractivity contribution is 0.512. The van der Waals surface area contributed by atoms with Gasteiger partial charge >= 0.3 is 0 Å². The molecule has 6 rings (SSSR count). The first-order valence-electron chi connectivity index (χ1n) is 19.4. The third-order valence-electron chi connectivity index (χ3n) is 11.3. The zero-order valence-electron chi connectivity index (χ0n) is 33.1. The highest BCUT2D eigenvalue weighted by molar-refractivity contribution is 6.88. The van der Waals surface area contributed by atoms with Gasteiger partial charge in [-0.3, -0.25) is 0 Å². The van der Waals surface area contributed by atoms with E-state index >= 15 is 0 Å². The fourth-order valence-electron chi connectivity index (χ4n) is 8.11. The van der Waals surface area contributed by atoms with E-state index in [2.05, 4.69) is 211 Å². The molecule has 0 saturated carbocycles. The van der Waals surface area contributed by atoms with E-state index < -0.39 is 16.6 Å². The second-order valence-electron chi connectivity index (χ2n) is 15.8. The predicted octanol–water partition coefficient (Wildman–Crippen LogP) is 12.2. The SMILES string of the molecule is CC(C)[Si](O)(c1cccc(N(c2ccccc2)c2ccc(-c3ccc(N(c4ccccc4)c4cccc([Si](O)(C(C)C)C(C)C)c4)cc3)cc2)c1)C(C)C. The largest absolute Gasteiger partial charge is 0.427 e. The Hall–Kier alpha value is -4.73. The van der Waals surface area contributed by atoms with E-state index in [0.29, 0.717) is 0 Å². The molecule has 0 radical (unpaired) electrons. The van der Waals surface area contributed by atoms with Crippen molar-refractivity contribution in [2.24, 2.45) is 0 Å². The van der Waals surface area contributed by atoms with Crippen LogP contribution in [0.15, 0.2) is 158 Å². The molecule has 6 aromatic carbocycles. The van der Waals surface area contributed by atoms with Gasteiger partial charge in [-0.25, -0.2) is 0 Å². The Morgan fingerprint density at radius 3 is 0.907 bits per heavy atom. The van der Waals surface area contributed by atoms with Crippen LogP contribution in [-0.2, 0) is 0 Å². The zero-order chi connectivity index (χ0) is 38.6. The molecule has 0 atom stereocenters. The van der Waals surface area contributed by atoms with Crippen molar-refractivity contribution in [3.8, 4) is 11.1 Å². The van der Waals surface area contributed by atoms with Crippen LogP contribution in [0.5, 0.6) is 0 Å². The fraction of sp³-hybridized carbons (Fsp3) is 0.250. The van der Waals surface area contributed by atoms with Crippen molar-refractivity contribution in [1.29, 1.82) is 0 Å². The first-order chi connectivity index (χ1) is 25.8. The summed E-state index contributed by atoms with van der Waals surface area (Å²) in [6.45, 7) is 17.2. The lowest BCUT2D eigenvalue weighted by Crippen LogP contribution is -2.53. The van der Waals surface area contributed by atoms with Crippen molar-refractivity contribution in [2.45, 2.75) is 77.6 Å². The lowest BCUT2D eigenvalue weighted by atomic mass is 10.0. The molecule has 0 aliphatic carbocycles. The van der Waals surface area contributed by atoms with E-state index in [-0.39, 0.29) is 22.2 Å². The Balaban J connectivity index is 1.35. The summed E-state index contributed by atoms with van der Waals surface area (Å²) >= 11 is 0. The quantitative estimate of drug-likeness (QED) is 0.115. The van der Waals surface area contributed by atoms with Crippen molar-refractivity contribution in [3.05, 3.63) is 158 Å². The van der Waals surface area contributed by atoms with Crippen molar-refractivity contribution < 1.29 is 9.59 Å². The molecule has 54 heavy (non-hydrogen) atoms. The molecular formula is C48H56N2O2Si2. The van der Waals surface area contributed by atoms with Crippen LogP contribution in [0.25, 0.3) is 11.1 Å². The van der Waals surface area contributed by atoms with Crippen molar-refractivity contribution in [2.75, 3.05) is 9.80 Å². The van der Waals surface area contributed by atoms with Gasteiger partial charge in [-0.05, 0) is 116 Å². The second-order valence-corrected chi connectivity index (χ2v) is 24.9. The molecule has 0 fully saturated rings. The van der Waals surface area contributed by atoms with Gasteiger partial charge < -0.3 is 19.4 Å². The minimum Gasteiger partial charge on any atom is -0.427 e. The number of para-hydroxylation sites is 2. The zero-order valence-corrected chi connectivity index (χ0v) is 35.1. The van der Waals surface area contributed by atoms with Crippen LogP contribution in [0.2, 0.25) is 22.2 Å². The molecule has 0 aliphatic rings. The third kappa shape index (κ3) is 7.62. The summed E-state index contributed by atoms with van der Waals surface area (Å²) in [5.41, 5.74) is 9.38. The number of nitrogens with zero attached hydrogens (tertiary/aromatic N) is 2. The Labute approximate surface area is 325 Å². The highest BCUT2D eigenvalue weighted by Crippen LogP contribution is 2.39. The van der Waals surface area contributed by atoms with Crippen molar-refractivity contribution >= 4 is 61.1 Å². The van der Waals surface area contributed by atoms with Gasteiger partial charge in [-0.15, -0.1) is 0 Å². The van der Waals surface area contributed by atoms with Crippen LogP contribution in [0, 0.1) is 0 Å². The minimum atomic E-state index is -2.73. The highest BCUT2D eigenvalue weighted by Gasteiger charge is 2.42. The summed E-state index contributed by atoms with van der Waals surface area (Å²) < 4.78 is 0. The van der Waals surface area contributed by atoms with Crippen LogP contribution in [0.3, 0.4) is 0 Å². The van der Waals surface area contributed by atoms with Gasteiger partial charge in [0.1, 0.15) is 0 Å². The Morgan fingerprint density at radius 2 is 0.611 bits per heavy atom. The van der Waals surface area contributed by atoms with E-state index in [0.717, 1.165) is 55.6 Å². The van der Waals surface area contributed by atoms with Gasteiger partial charge in [-0.1, -0.05) is 140 Å². The average Bonchev–Trinajstić information content (AvgIpc) is 3.19. The monoisotopic (exact) mass is 748 g/mol. The summed E-state index contributed by atoms with van der Waals surface area (Å²) in [4.78, 5) is 28.6. The number of anilines is 6. The summed E-state index contributed by atoms with van der Waals surface area (Å²) in [5.74, 6) is 0. The predicted molar refractivity (Wildman–Crippen MR) is 237 cm³/mol. The van der Waals surface area contributed by atoms with Crippen molar-refractivity contribution in [3.63, 3.8) is 0 Å². The molecule has 0 unspecified atom stereocenters. The molecule has 0 amide bonds. The maximum absolute atomic E-state index is 12.0. The van der Waals surface area contributed by atoms with E-state index in [1.54, 1.807) is 0 Å². The molecule has 4 nitrogen and oxygen atoms in total. The lowest BCUT2D eigenvalue weighted by Gasteiger charge is -2.35. The first-order valence-corrected chi connectivity index (χ1v) is 23.6. The summed E-state index contributed by atoms with van der Waals surface area (Å²) in [6.07, 6.45) is 0. The summed E-state index contributed by atoms with van der Waals surface area (Å²) in [7, 11) is -5.46. The summed E-state index contributed by atoms with van der Waals surface area (Å²) in [6, 6.07) is 55.5. The van der Waals surface area contributed by atoms with Crippen LogP contribution >= 0.6 is 0 Å². The van der Waals surface area contributed by atoms with Gasteiger partial charge in [0.15, 0.2) is 0 Å². The smallest absolute Gasteiger partial charge is 0.225 e. The topological polar surface area (TPSA) is 46.9 Å². The standard InChI is InChI=1S/C48H56N2O2Si2/c1-35(2)53(51,36(3)4)47-23-15-21-45(33-47)49(41-17-11-9-12-18-41)43-29-25-39(26-30-43)40-27-31-44(32-28-40)50(42-19-13-10-14-20-42)46-22-16-24-48(34-46)54(52,37(5)6)38(7)8/h9-38,51-52H,1-8H3. The molecule has 2 N–H and O–H groups in total. The molecule has 0 aliphatic heterocycles. The van der Waals surface area contributed by atoms with E-state index in [4.69, 9.17) is 0 Å². The molecule has 0 spiro atoms. The molecule has 6 aromatic rings. The maximum Gasteiger partial charge on any atom is 0.225 e. The van der Waals surface area contributed by atoms with E-state index in [1.807, 2.05) is 12.1 Å². The van der Waals surface area contributed by atoms with Gasteiger partial charge in [0.2, 0.25) is 16.6 Å². The molecule has 0 bridgehead atoms. The highest BCUT2D eigenvalue weighted by atomic mass is 28.4. The first kappa shape index (κ1) is 39.0. The van der Waals surface area contributed by atoms with Gasteiger partial charge in [0, 0.05) is 34.1 Å². The summed E-state index contributed by atoms with van der Waals surface area (Å²) in [5, 5.41) is 2.13. The molecule has 0 heterocycles. The molecule has 278 valence electrons. The van der Waals surface area contributed by atoms with Gasteiger partial charge in [0.25, 0.3) is 0 Å². The van der Waals surface area contributed by atoms with Gasteiger partial charge in [0.05, 0.1) is 0 Å². The average molecular weight is 749 g/mol. The molecule has 0 saturated heterocycles. The molecular weight excluding hydrogens is 693 g/mol. The number of hydrogen-bond acceptors (Lipinski definition) is 4. The normalized spacial score (nSPS) is 12.2. The Kier molecular flexibility index (Phi) is 11.8. The number of hydrogen-bond donors (Lipinski definition) is 2. The van der Waals surface area contributed by atoms with Gasteiger partial charge in [-0.2, -0.15) is 0 Å². The second kappa shape index (κ2) is 16.3. The minimum absolute atomic E-state index is 0.199. The van der Waals surface area contributed by atoms with Crippen molar-refractivity contribution in [1.82, 2.24) is 0 Å². The molecule has 6 heteroatoms. The maximum atomic E-state index is 12.0. The van der Waals surface area contributed by atoms with Crippen LogP contribution in [0.1, 0.15) is 55.4 Å². The number of benzene rings is 6. The fourth-order valence-corrected chi connectivity index (χ4v) is 14.9. The van der Waals surface area contributed by atoms with E-state index in [9.17, 15) is 9.59 Å². The van der Waals surface area contributed by atoms with Crippen LogP contribution in [-0.4, -0.2) is 26.2 Å². The third-order valence-corrected chi connectivity index (χ3v) is 20.8.